The first kappa shape index (κ1) is 14.0. The van der Waals surface area contributed by atoms with E-state index in [9.17, 15) is 8.42 Å². The molecule has 0 unspecified atom stereocenters. The van der Waals surface area contributed by atoms with Crippen molar-refractivity contribution in [2.24, 2.45) is 0 Å². The lowest BCUT2D eigenvalue weighted by molar-refractivity contribution is 0.608. The lowest BCUT2D eigenvalue weighted by Crippen LogP contribution is -2.05. The molecule has 0 spiro atoms. The van der Waals surface area contributed by atoms with E-state index in [4.69, 9.17) is 10.7 Å². The fourth-order valence-electron chi connectivity index (χ4n) is 2.01. The summed E-state index contributed by atoms with van der Waals surface area (Å²) in [7, 11) is 1.59. The number of hydrogen-bond donors (Lipinski definition) is 0. The standard InChI is InChI=1S/C11H13ClN4O2S/c1-6-5-10(14-9(4)13-6)16-8(3)11(7(2)15-16)19(12,17)18/h5H,1-4H3. The highest BCUT2D eigenvalue weighted by molar-refractivity contribution is 8.13. The van der Waals surface area contributed by atoms with Gasteiger partial charge in [0.15, 0.2) is 5.82 Å². The van der Waals surface area contributed by atoms with Gasteiger partial charge in [-0.2, -0.15) is 5.10 Å². The van der Waals surface area contributed by atoms with Crippen LogP contribution in [0.1, 0.15) is 22.9 Å². The van der Waals surface area contributed by atoms with Crippen LogP contribution in [0, 0.1) is 27.7 Å². The Morgan fingerprint density at radius 3 is 2.26 bits per heavy atom. The van der Waals surface area contributed by atoms with Crippen molar-refractivity contribution < 1.29 is 8.42 Å². The SMILES string of the molecule is Cc1cc(-n2nc(C)c(S(=O)(=O)Cl)c2C)nc(C)n1. The fraction of sp³-hybridized carbons (Fsp3) is 0.364. The van der Waals surface area contributed by atoms with Crippen LogP contribution in [0.4, 0.5) is 0 Å². The van der Waals surface area contributed by atoms with Crippen molar-refractivity contribution in [2.75, 3.05) is 0 Å². The number of hydrogen-bond acceptors (Lipinski definition) is 5. The fourth-order valence-corrected chi connectivity index (χ4v) is 3.51. The third kappa shape index (κ3) is 2.62. The van der Waals surface area contributed by atoms with Crippen LogP contribution in [0.5, 0.6) is 0 Å². The van der Waals surface area contributed by atoms with Crippen LogP contribution in [0.2, 0.25) is 0 Å². The molecule has 0 aliphatic carbocycles. The van der Waals surface area contributed by atoms with E-state index >= 15 is 0 Å². The zero-order chi connectivity index (χ0) is 14.4. The normalized spacial score (nSPS) is 11.8. The maximum atomic E-state index is 11.5. The molecule has 2 heterocycles. The van der Waals surface area contributed by atoms with Crippen molar-refractivity contribution in [3.63, 3.8) is 0 Å². The van der Waals surface area contributed by atoms with Crippen molar-refractivity contribution >= 4 is 19.7 Å². The molecule has 0 fully saturated rings. The van der Waals surface area contributed by atoms with E-state index in [1.165, 1.54) is 4.68 Å². The van der Waals surface area contributed by atoms with Crippen LogP contribution < -0.4 is 0 Å². The van der Waals surface area contributed by atoms with Gasteiger partial charge in [-0.1, -0.05) is 0 Å². The van der Waals surface area contributed by atoms with E-state index in [1.54, 1.807) is 26.8 Å². The molecule has 0 N–H and O–H groups in total. The Labute approximate surface area is 115 Å². The van der Waals surface area contributed by atoms with Gasteiger partial charge in [-0.25, -0.2) is 23.1 Å². The van der Waals surface area contributed by atoms with Gasteiger partial charge in [-0.05, 0) is 27.7 Å². The van der Waals surface area contributed by atoms with Gasteiger partial charge in [-0.15, -0.1) is 0 Å². The van der Waals surface area contributed by atoms with E-state index in [1.807, 2.05) is 6.92 Å². The minimum absolute atomic E-state index is 0.0306. The molecule has 6 nitrogen and oxygen atoms in total. The summed E-state index contributed by atoms with van der Waals surface area (Å²) in [4.78, 5) is 8.45. The van der Waals surface area contributed by atoms with E-state index in [2.05, 4.69) is 15.1 Å². The van der Waals surface area contributed by atoms with E-state index in [-0.39, 0.29) is 4.90 Å². The van der Waals surface area contributed by atoms with Crippen molar-refractivity contribution in [1.82, 2.24) is 19.7 Å². The van der Waals surface area contributed by atoms with Gasteiger partial charge in [0.1, 0.15) is 10.7 Å². The molecular formula is C11H13ClN4O2S. The van der Waals surface area contributed by atoms with Crippen LogP contribution in [0.15, 0.2) is 11.0 Å². The van der Waals surface area contributed by atoms with Crippen molar-refractivity contribution in [1.29, 1.82) is 0 Å². The highest BCUT2D eigenvalue weighted by Gasteiger charge is 2.23. The van der Waals surface area contributed by atoms with Gasteiger partial charge in [0, 0.05) is 22.4 Å². The summed E-state index contributed by atoms with van der Waals surface area (Å²) in [6.45, 7) is 6.84. The smallest absolute Gasteiger partial charge is 0.238 e. The lowest BCUT2D eigenvalue weighted by atomic mass is 10.4. The first-order chi connectivity index (χ1) is 8.70. The second kappa shape index (κ2) is 4.57. The number of aryl methyl sites for hydroxylation is 3. The average Bonchev–Trinajstić information content (AvgIpc) is 2.51. The zero-order valence-electron chi connectivity index (χ0n) is 11.0. The topological polar surface area (TPSA) is 77.7 Å². The Hall–Kier alpha value is -1.47. The molecular weight excluding hydrogens is 288 g/mol. The lowest BCUT2D eigenvalue weighted by Gasteiger charge is -2.05. The van der Waals surface area contributed by atoms with Gasteiger partial charge in [-0.3, -0.25) is 0 Å². The number of nitrogens with zero attached hydrogens (tertiary/aromatic N) is 4. The monoisotopic (exact) mass is 300 g/mol. The molecule has 0 radical (unpaired) electrons. The van der Waals surface area contributed by atoms with E-state index in [0.717, 1.165) is 5.69 Å². The molecule has 0 aliphatic rings. The molecule has 2 aromatic heterocycles. The molecule has 2 aromatic rings. The Bertz CT molecular complexity index is 732. The molecule has 19 heavy (non-hydrogen) atoms. The molecule has 8 heteroatoms. The van der Waals surface area contributed by atoms with Gasteiger partial charge in [0.25, 0.3) is 9.05 Å². The Kier molecular flexibility index (Phi) is 3.36. The zero-order valence-corrected chi connectivity index (χ0v) is 12.5. The average molecular weight is 301 g/mol. The first-order valence-corrected chi connectivity index (χ1v) is 7.84. The highest BCUT2D eigenvalue weighted by atomic mass is 35.7. The van der Waals surface area contributed by atoms with Crippen LogP contribution in [-0.2, 0) is 9.05 Å². The Morgan fingerprint density at radius 1 is 1.16 bits per heavy atom. The number of aromatic nitrogens is 4. The molecule has 0 aliphatic heterocycles. The molecule has 102 valence electrons. The predicted molar refractivity (Wildman–Crippen MR) is 71.1 cm³/mol. The maximum absolute atomic E-state index is 11.5. The van der Waals surface area contributed by atoms with Gasteiger partial charge in [0.05, 0.1) is 11.4 Å². The van der Waals surface area contributed by atoms with Crippen LogP contribution >= 0.6 is 10.7 Å². The van der Waals surface area contributed by atoms with Crippen LogP contribution in [0.25, 0.3) is 5.82 Å². The minimum atomic E-state index is -3.83. The summed E-state index contributed by atoms with van der Waals surface area (Å²) < 4.78 is 24.5. The molecule has 0 amide bonds. The minimum Gasteiger partial charge on any atom is -0.238 e. The van der Waals surface area contributed by atoms with Gasteiger partial charge < -0.3 is 0 Å². The maximum Gasteiger partial charge on any atom is 0.264 e. The Morgan fingerprint density at radius 2 is 1.79 bits per heavy atom. The quantitative estimate of drug-likeness (QED) is 0.791. The molecule has 0 saturated carbocycles. The van der Waals surface area contributed by atoms with Crippen LogP contribution in [-0.4, -0.2) is 28.2 Å². The predicted octanol–water partition coefficient (Wildman–Crippen LogP) is 1.82. The Balaban J connectivity index is 2.72. The van der Waals surface area contributed by atoms with E-state index < -0.39 is 9.05 Å². The van der Waals surface area contributed by atoms with Crippen molar-refractivity contribution in [3.8, 4) is 5.82 Å². The van der Waals surface area contributed by atoms with Crippen molar-refractivity contribution in [2.45, 2.75) is 32.6 Å². The summed E-state index contributed by atoms with van der Waals surface area (Å²) in [6.07, 6.45) is 0. The molecule has 2 rings (SSSR count). The molecule has 0 saturated heterocycles. The summed E-state index contributed by atoms with van der Waals surface area (Å²) in [6, 6.07) is 1.73. The van der Waals surface area contributed by atoms with E-state index in [0.29, 0.717) is 23.0 Å². The summed E-state index contributed by atoms with van der Waals surface area (Å²) in [5.41, 5.74) is 1.57. The second-order valence-corrected chi connectivity index (χ2v) is 6.77. The second-order valence-electron chi connectivity index (χ2n) is 4.26. The van der Waals surface area contributed by atoms with Gasteiger partial charge >= 0.3 is 0 Å². The molecule has 0 bridgehead atoms. The summed E-state index contributed by atoms with van der Waals surface area (Å²) >= 11 is 0. The van der Waals surface area contributed by atoms with Crippen LogP contribution in [0.3, 0.4) is 0 Å². The first-order valence-electron chi connectivity index (χ1n) is 5.53. The summed E-state index contributed by atoms with van der Waals surface area (Å²) in [5.74, 6) is 1.12. The van der Waals surface area contributed by atoms with Gasteiger partial charge in [0.2, 0.25) is 0 Å². The van der Waals surface area contributed by atoms with Crippen molar-refractivity contribution in [3.05, 3.63) is 29.0 Å². The molecule has 0 atom stereocenters. The number of halogens is 1. The highest BCUT2D eigenvalue weighted by Crippen LogP contribution is 2.24. The third-order valence-electron chi connectivity index (χ3n) is 2.64. The number of rotatable bonds is 2. The third-order valence-corrected chi connectivity index (χ3v) is 4.18. The molecule has 0 aromatic carbocycles. The largest absolute Gasteiger partial charge is 0.264 e. The summed E-state index contributed by atoms with van der Waals surface area (Å²) in [5, 5.41) is 4.19.